The Morgan fingerprint density at radius 2 is 1.69 bits per heavy atom. The zero-order valence-corrected chi connectivity index (χ0v) is 11.3. The van der Waals surface area contributed by atoms with Crippen LogP contribution in [0.3, 0.4) is 0 Å². The number of likely N-dealkylation sites (tertiary alicyclic amines) is 1. The zero-order valence-electron chi connectivity index (χ0n) is 10.4. The summed E-state index contributed by atoms with van der Waals surface area (Å²) in [4.78, 5) is 2.60. The van der Waals surface area contributed by atoms with E-state index in [9.17, 15) is 4.57 Å². The summed E-state index contributed by atoms with van der Waals surface area (Å²) in [5.41, 5.74) is 0. The monoisotopic (exact) mass is 246 g/mol. The SMILES string of the molecule is COP(C)(=O)N1CCC(N2CCCC2)CC1. The molecule has 0 aromatic carbocycles. The predicted molar refractivity (Wildman–Crippen MR) is 65.9 cm³/mol. The molecule has 4 nitrogen and oxygen atoms in total. The molecular weight excluding hydrogens is 223 g/mol. The highest BCUT2D eigenvalue weighted by molar-refractivity contribution is 7.55. The number of piperidine rings is 1. The van der Waals surface area contributed by atoms with Crippen LogP contribution in [0.25, 0.3) is 0 Å². The van der Waals surface area contributed by atoms with Crippen molar-refractivity contribution in [2.75, 3.05) is 40.0 Å². The first kappa shape index (κ1) is 12.6. The second-order valence-corrected chi connectivity index (χ2v) is 7.45. The summed E-state index contributed by atoms with van der Waals surface area (Å²) in [6.07, 6.45) is 4.98. The van der Waals surface area contributed by atoms with Crippen molar-refractivity contribution in [3.05, 3.63) is 0 Å². The molecule has 2 saturated heterocycles. The van der Waals surface area contributed by atoms with E-state index in [4.69, 9.17) is 4.52 Å². The fourth-order valence-electron chi connectivity index (χ4n) is 2.80. The van der Waals surface area contributed by atoms with E-state index in [0.29, 0.717) is 0 Å². The van der Waals surface area contributed by atoms with Crippen LogP contribution in [0, 0.1) is 0 Å². The third-order valence-electron chi connectivity index (χ3n) is 3.95. The van der Waals surface area contributed by atoms with Gasteiger partial charge in [0.25, 0.3) is 7.52 Å². The molecule has 16 heavy (non-hydrogen) atoms. The van der Waals surface area contributed by atoms with E-state index in [0.717, 1.165) is 32.0 Å². The summed E-state index contributed by atoms with van der Waals surface area (Å²) in [5.74, 6) is 0. The molecule has 0 aliphatic carbocycles. The Hall–Kier alpha value is 0.110. The minimum atomic E-state index is -2.49. The van der Waals surface area contributed by atoms with Gasteiger partial charge < -0.3 is 9.42 Å². The minimum Gasteiger partial charge on any atom is -0.321 e. The third kappa shape index (κ3) is 2.67. The van der Waals surface area contributed by atoms with Crippen LogP contribution in [-0.2, 0) is 9.09 Å². The normalized spacial score (nSPS) is 29.4. The molecule has 5 heteroatoms. The maximum atomic E-state index is 12.1. The highest BCUT2D eigenvalue weighted by atomic mass is 31.2. The molecule has 0 amide bonds. The van der Waals surface area contributed by atoms with Gasteiger partial charge in [-0.25, -0.2) is 4.67 Å². The van der Waals surface area contributed by atoms with Crippen molar-refractivity contribution in [1.82, 2.24) is 9.57 Å². The van der Waals surface area contributed by atoms with E-state index < -0.39 is 7.52 Å². The summed E-state index contributed by atoms with van der Waals surface area (Å²) < 4.78 is 19.2. The summed E-state index contributed by atoms with van der Waals surface area (Å²) in [6, 6.07) is 0.718. The number of hydrogen-bond acceptors (Lipinski definition) is 3. The van der Waals surface area contributed by atoms with E-state index in [2.05, 4.69) is 4.90 Å². The van der Waals surface area contributed by atoms with Crippen LogP contribution < -0.4 is 0 Å². The first-order valence-corrected chi connectivity index (χ1v) is 8.28. The van der Waals surface area contributed by atoms with Crippen LogP contribution >= 0.6 is 7.52 Å². The Labute approximate surface area is 98.4 Å². The molecule has 0 aromatic rings. The van der Waals surface area contributed by atoms with Crippen molar-refractivity contribution in [3.8, 4) is 0 Å². The van der Waals surface area contributed by atoms with Crippen molar-refractivity contribution < 1.29 is 9.09 Å². The van der Waals surface area contributed by atoms with E-state index in [-0.39, 0.29) is 0 Å². The molecule has 2 rings (SSSR count). The quantitative estimate of drug-likeness (QED) is 0.713. The van der Waals surface area contributed by atoms with Gasteiger partial charge in [0, 0.05) is 32.9 Å². The van der Waals surface area contributed by atoms with Crippen LogP contribution in [0.5, 0.6) is 0 Å². The molecule has 2 fully saturated rings. The Morgan fingerprint density at radius 1 is 1.12 bits per heavy atom. The molecule has 0 spiro atoms. The standard InChI is InChI=1S/C11H23N2O2P/c1-15-16(2,14)13-9-5-11(6-10-13)12-7-3-4-8-12/h11H,3-10H2,1-2H3. The lowest BCUT2D eigenvalue weighted by atomic mass is 10.1. The third-order valence-corrected chi connectivity index (χ3v) is 6.06. The van der Waals surface area contributed by atoms with Crippen molar-refractivity contribution in [3.63, 3.8) is 0 Å². The molecule has 1 atom stereocenters. The van der Waals surface area contributed by atoms with Crippen molar-refractivity contribution in [2.24, 2.45) is 0 Å². The first-order valence-electron chi connectivity index (χ1n) is 6.26. The van der Waals surface area contributed by atoms with Gasteiger partial charge in [-0.15, -0.1) is 0 Å². The molecule has 0 radical (unpaired) electrons. The second kappa shape index (κ2) is 5.18. The molecule has 2 heterocycles. The van der Waals surface area contributed by atoms with E-state index in [1.165, 1.54) is 25.9 Å². The minimum absolute atomic E-state index is 0.718. The predicted octanol–water partition coefficient (Wildman–Crippen LogP) is 2.02. The zero-order chi connectivity index (χ0) is 11.6. The largest absolute Gasteiger partial charge is 0.321 e. The van der Waals surface area contributed by atoms with Gasteiger partial charge in [0.1, 0.15) is 0 Å². The highest BCUT2D eigenvalue weighted by Gasteiger charge is 2.32. The van der Waals surface area contributed by atoms with Crippen LogP contribution in [0.2, 0.25) is 0 Å². The molecule has 94 valence electrons. The van der Waals surface area contributed by atoms with E-state index in [1.807, 2.05) is 4.67 Å². The fourth-order valence-corrected chi connectivity index (χ4v) is 3.99. The highest BCUT2D eigenvalue weighted by Crippen LogP contribution is 2.47. The second-order valence-electron chi connectivity index (χ2n) is 4.91. The fraction of sp³-hybridized carbons (Fsp3) is 1.00. The molecule has 0 N–H and O–H groups in total. The summed E-state index contributed by atoms with van der Waals surface area (Å²) in [6.45, 7) is 6.09. The number of nitrogens with zero attached hydrogens (tertiary/aromatic N) is 2. The average molecular weight is 246 g/mol. The molecular formula is C11H23N2O2P. The van der Waals surface area contributed by atoms with Crippen molar-refractivity contribution in [2.45, 2.75) is 31.7 Å². The van der Waals surface area contributed by atoms with Gasteiger partial charge in [0.2, 0.25) is 0 Å². The van der Waals surface area contributed by atoms with Crippen LogP contribution in [0.4, 0.5) is 0 Å². The van der Waals surface area contributed by atoms with Crippen LogP contribution in [0.15, 0.2) is 0 Å². The van der Waals surface area contributed by atoms with Crippen LogP contribution in [0.1, 0.15) is 25.7 Å². The van der Waals surface area contributed by atoms with E-state index >= 15 is 0 Å². The van der Waals surface area contributed by atoms with E-state index in [1.54, 1.807) is 13.8 Å². The Morgan fingerprint density at radius 3 is 2.19 bits per heavy atom. The van der Waals surface area contributed by atoms with Gasteiger partial charge in [-0.2, -0.15) is 0 Å². The maximum absolute atomic E-state index is 12.1. The Kier molecular flexibility index (Phi) is 4.06. The smallest absolute Gasteiger partial charge is 0.269 e. The Bertz CT molecular complexity index is 271. The summed E-state index contributed by atoms with van der Waals surface area (Å²) in [5, 5.41) is 0. The van der Waals surface area contributed by atoms with Gasteiger partial charge >= 0.3 is 0 Å². The topological polar surface area (TPSA) is 32.8 Å². The molecule has 2 aliphatic rings. The summed E-state index contributed by atoms with van der Waals surface area (Å²) in [7, 11) is -0.943. The first-order chi connectivity index (χ1) is 7.63. The molecule has 0 aromatic heterocycles. The lowest BCUT2D eigenvalue weighted by Gasteiger charge is -2.38. The van der Waals surface area contributed by atoms with Gasteiger partial charge in [-0.3, -0.25) is 4.57 Å². The maximum Gasteiger partial charge on any atom is 0.269 e. The molecule has 1 unspecified atom stereocenters. The molecule has 0 saturated carbocycles. The lowest BCUT2D eigenvalue weighted by molar-refractivity contribution is 0.158. The molecule has 2 aliphatic heterocycles. The number of hydrogen-bond donors (Lipinski definition) is 0. The van der Waals surface area contributed by atoms with Gasteiger partial charge in [0.05, 0.1) is 0 Å². The lowest BCUT2D eigenvalue weighted by Crippen LogP contribution is -2.42. The van der Waals surface area contributed by atoms with Gasteiger partial charge in [0.15, 0.2) is 0 Å². The van der Waals surface area contributed by atoms with Crippen LogP contribution in [-0.4, -0.2) is 55.6 Å². The average Bonchev–Trinajstić information content (AvgIpc) is 2.83. The van der Waals surface area contributed by atoms with Crippen molar-refractivity contribution >= 4 is 7.52 Å². The van der Waals surface area contributed by atoms with Gasteiger partial charge in [-0.1, -0.05) is 0 Å². The molecule has 0 bridgehead atoms. The van der Waals surface area contributed by atoms with Gasteiger partial charge in [-0.05, 0) is 38.8 Å². The van der Waals surface area contributed by atoms with Crippen molar-refractivity contribution in [1.29, 1.82) is 0 Å². The number of rotatable bonds is 3. The summed E-state index contributed by atoms with van der Waals surface area (Å²) >= 11 is 0. The Balaban J connectivity index is 1.84.